The SMILES string of the molecule is COc1cccc([C@@H](C)NCc2ccc(OC)c(-c3ccc4c(ccn4CC4CC4)c3)c2)c1. The van der Waals surface area contributed by atoms with E-state index in [4.69, 9.17) is 9.47 Å². The Morgan fingerprint density at radius 3 is 2.64 bits per heavy atom. The van der Waals surface area contributed by atoms with Gasteiger partial charge >= 0.3 is 0 Å². The van der Waals surface area contributed by atoms with Gasteiger partial charge in [-0.15, -0.1) is 0 Å². The lowest BCUT2D eigenvalue weighted by Gasteiger charge is -2.17. The molecule has 1 saturated carbocycles. The van der Waals surface area contributed by atoms with Gasteiger partial charge in [-0.2, -0.15) is 0 Å². The van der Waals surface area contributed by atoms with Gasteiger partial charge in [0.15, 0.2) is 0 Å². The summed E-state index contributed by atoms with van der Waals surface area (Å²) < 4.78 is 13.5. The van der Waals surface area contributed by atoms with E-state index in [9.17, 15) is 0 Å². The van der Waals surface area contributed by atoms with Gasteiger partial charge in [-0.1, -0.05) is 24.3 Å². The van der Waals surface area contributed by atoms with Crippen molar-refractivity contribution in [3.05, 3.63) is 84.1 Å². The number of benzene rings is 3. The summed E-state index contributed by atoms with van der Waals surface area (Å²) in [6.45, 7) is 4.09. The zero-order chi connectivity index (χ0) is 22.8. The molecule has 1 fully saturated rings. The number of ether oxygens (including phenoxy) is 2. The number of hydrogen-bond donors (Lipinski definition) is 1. The van der Waals surface area contributed by atoms with Gasteiger partial charge in [-0.3, -0.25) is 0 Å². The highest BCUT2D eigenvalue weighted by atomic mass is 16.5. The van der Waals surface area contributed by atoms with Gasteiger partial charge in [0.25, 0.3) is 0 Å². The number of nitrogens with one attached hydrogen (secondary N) is 1. The van der Waals surface area contributed by atoms with Crippen molar-refractivity contribution in [3.63, 3.8) is 0 Å². The van der Waals surface area contributed by atoms with Crippen LogP contribution in [0.3, 0.4) is 0 Å². The van der Waals surface area contributed by atoms with Crippen LogP contribution in [0.5, 0.6) is 11.5 Å². The molecule has 0 spiro atoms. The van der Waals surface area contributed by atoms with Crippen molar-refractivity contribution in [2.75, 3.05) is 14.2 Å². The smallest absolute Gasteiger partial charge is 0.126 e. The molecule has 4 nitrogen and oxygen atoms in total. The Hall–Kier alpha value is -3.24. The predicted octanol–water partition coefficient (Wildman–Crippen LogP) is 6.59. The second kappa shape index (κ2) is 9.32. The van der Waals surface area contributed by atoms with Gasteiger partial charge in [0, 0.05) is 41.8 Å². The summed E-state index contributed by atoms with van der Waals surface area (Å²) >= 11 is 0. The van der Waals surface area contributed by atoms with E-state index in [0.29, 0.717) is 0 Å². The third-order valence-electron chi connectivity index (χ3n) is 6.70. The average molecular weight is 441 g/mol. The van der Waals surface area contributed by atoms with Gasteiger partial charge in [0.2, 0.25) is 0 Å². The molecule has 3 aromatic carbocycles. The Morgan fingerprint density at radius 1 is 0.970 bits per heavy atom. The van der Waals surface area contributed by atoms with E-state index in [1.807, 2.05) is 12.1 Å². The summed E-state index contributed by atoms with van der Waals surface area (Å²) in [5.74, 6) is 2.65. The van der Waals surface area contributed by atoms with Crippen LogP contribution in [0.1, 0.15) is 36.9 Å². The van der Waals surface area contributed by atoms with Crippen molar-refractivity contribution in [1.82, 2.24) is 9.88 Å². The number of methoxy groups -OCH3 is 2. The van der Waals surface area contributed by atoms with Crippen molar-refractivity contribution in [3.8, 4) is 22.6 Å². The van der Waals surface area contributed by atoms with E-state index in [1.165, 1.54) is 40.4 Å². The topological polar surface area (TPSA) is 35.4 Å². The van der Waals surface area contributed by atoms with Crippen molar-refractivity contribution < 1.29 is 9.47 Å². The summed E-state index contributed by atoms with van der Waals surface area (Å²) in [5.41, 5.74) is 6.07. The summed E-state index contributed by atoms with van der Waals surface area (Å²) in [4.78, 5) is 0. The fourth-order valence-corrected chi connectivity index (χ4v) is 4.50. The molecule has 1 aliphatic carbocycles. The highest BCUT2D eigenvalue weighted by Gasteiger charge is 2.22. The Labute approximate surface area is 196 Å². The lowest BCUT2D eigenvalue weighted by atomic mass is 10.00. The third-order valence-corrected chi connectivity index (χ3v) is 6.70. The van der Waals surface area contributed by atoms with Crippen LogP contribution in [0.2, 0.25) is 0 Å². The summed E-state index contributed by atoms with van der Waals surface area (Å²) in [5, 5.41) is 4.92. The molecule has 1 N–H and O–H groups in total. The highest BCUT2D eigenvalue weighted by Crippen LogP contribution is 2.35. The standard InChI is InChI=1S/C29H32N2O2/c1-20(23-5-4-6-26(17-23)32-2)30-18-22-9-12-29(33-3)27(15-22)24-10-11-28-25(16-24)13-14-31(28)19-21-7-8-21/h4-6,9-17,20-21,30H,7-8,18-19H2,1-3H3/t20-/m1/s1. The van der Waals surface area contributed by atoms with Gasteiger partial charge in [-0.25, -0.2) is 0 Å². The molecule has 4 aromatic rings. The molecule has 0 bridgehead atoms. The second-order valence-electron chi connectivity index (χ2n) is 9.10. The number of nitrogens with zero attached hydrogens (tertiary/aromatic N) is 1. The maximum atomic E-state index is 5.71. The molecule has 0 radical (unpaired) electrons. The van der Waals surface area contributed by atoms with Crippen LogP contribution in [-0.2, 0) is 13.1 Å². The summed E-state index contributed by atoms with van der Waals surface area (Å²) in [6.07, 6.45) is 4.96. The first-order chi connectivity index (χ1) is 16.1. The lowest BCUT2D eigenvalue weighted by Crippen LogP contribution is -2.18. The maximum absolute atomic E-state index is 5.71. The predicted molar refractivity (Wildman–Crippen MR) is 135 cm³/mol. The fourth-order valence-electron chi connectivity index (χ4n) is 4.50. The first kappa shape index (κ1) is 21.6. The van der Waals surface area contributed by atoms with E-state index >= 15 is 0 Å². The van der Waals surface area contributed by atoms with Crippen LogP contribution in [0.15, 0.2) is 72.9 Å². The summed E-state index contributed by atoms with van der Waals surface area (Å²) in [7, 11) is 3.45. The van der Waals surface area contributed by atoms with Gasteiger partial charge in [-0.05, 0) is 84.8 Å². The minimum Gasteiger partial charge on any atom is -0.497 e. The Kier molecular flexibility index (Phi) is 6.10. The molecule has 5 rings (SSSR count). The number of fused-ring (bicyclic) bond motifs is 1. The minimum atomic E-state index is 0.216. The fraction of sp³-hybridized carbons (Fsp3) is 0.310. The minimum absolute atomic E-state index is 0.216. The van der Waals surface area contributed by atoms with E-state index < -0.39 is 0 Å². The Morgan fingerprint density at radius 2 is 1.85 bits per heavy atom. The van der Waals surface area contributed by atoms with Crippen LogP contribution in [0.4, 0.5) is 0 Å². The Balaban J connectivity index is 1.36. The number of hydrogen-bond acceptors (Lipinski definition) is 3. The first-order valence-electron chi connectivity index (χ1n) is 11.8. The number of aromatic nitrogens is 1. The van der Waals surface area contributed by atoms with E-state index in [-0.39, 0.29) is 6.04 Å². The largest absolute Gasteiger partial charge is 0.497 e. The number of rotatable bonds is 9. The molecule has 1 atom stereocenters. The molecule has 1 aliphatic rings. The van der Waals surface area contributed by atoms with E-state index in [0.717, 1.165) is 36.1 Å². The highest BCUT2D eigenvalue weighted by molar-refractivity contribution is 5.87. The molecule has 0 amide bonds. The molecule has 4 heteroatoms. The summed E-state index contributed by atoms with van der Waals surface area (Å²) in [6, 6.07) is 23.9. The van der Waals surface area contributed by atoms with Gasteiger partial charge < -0.3 is 19.4 Å². The van der Waals surface area contributed by atoms with Crippen LogP contribution in [0, 0.1) is 5.92 Å². The molecule has 33 heavy (non-hydrogen) atoms. The van der Waals surface area contributed by atoms with E-state index in [1.54, 1.807) is 14.2 Å². The van der Waals surface area contributed by atoms with Crippen molar-refractivity contribution in [2.45, 2.75) is 38.9 Å². The normalized spacial score (nSPS) is 14.4. The molecule has 0 saturated heterocycles. The van der Waals surface area contributed by atoms with Gasteiger partial charge in [0.1, 0.15) is 11.5 Å². The van der Waals surface area contributed by atoms with Crippen LogP contribution in [0.25, 0.3) is 22.0 Å². The van der Waals surface area contributed by atoms with E-state index in [2.05, 4.69) is 77.6 Å². The zero-order valence-corrected chi connectivity index (χ0v) is 19.7. The van der Waals surface area contributed by atoms with Crippen molar-refractivity contribution >= 4 is 10.9 Å². The molecule has 0 aliphatic heterocycles. The van der Waals surface area contributed by atoms with Crippen molar-refractivity contribution in [2.24, 2.45) is 5.92 Å². The lowest BCUT2D eigenvalue weighted by molar-refractivity contribution is 0.413. The molecule has 1 heterocycles. The quantitative estimate of drug-likeness (QED) is 0.319. The second-order valence-corrected chi connectivity index (χ2v) is 9.10. The third kappa shape index (κ3) is 4.76. The average Bonchev–Trinajstić information content (AvgIpc) is 3.60. The molecular formula is C29H32N2O2. The molecule has 0 unspecified atom stereocenters. The zero-order valence-electron chi connectivity index (χ0n) is 19.7. The van der Waals surface area contributed by atoms with Crippen LogP contribution < -0.4 is 14.8 Å². The molecule has 1 aromatic heterocycles. The van der Waals surface area contributed by atoms with Crippen LogP contribution >= 0.6 is 0 Å². The maximum Gasteiger partial charge on any atom is 0.126 e. The molecule has 170 valence electrons. The van der Waals surface area contributed by atoms with Crippen LogP contribution in [-0.4, -0.2) is 18.8 Å². The monoisotopic (exact) mass is 440 g/mol. The Bertz CT molecular complexity index is 1260. The van der Waals surface area contributed by atoms with Gasteiger partial charge in [0.05, 0.1) is 14.2 Å². The first-order valence-corrected chi connectivity index (χ1v) is 11.8. The molecular weight excluding hydrogens is 408 g/mol. The van der Waals surface area contributed by atoms with Crippen molar-refractivity contribution in [1.29, 1.82) is 0 Å².